The maximum Gasteiger partial charge on any atom is 0.270 e. The summed E-state index contributed by atoms with van der Waals surface area (Å²) in [6.45, 7) is 4.28. The van der Waals surface area contributed by atoms with Gasteiger partial charge < -0.3 is 4.90 Å². The Morgan fingerprint density at radius 2 is 1.77 bits per heavy atom. The molecule has 26 heavy (non-hydrogen) atoms. The Morgan fingerprint density at radius 3 is 2.46 bits per heavy atom. The molecule has 2 saturated heterocycles. The third kappa shape index (κ3) is 3.41. The Bertz CT molecular complexity index is 883. The van der Waals surface area contributed by atoms with Gasteiger partial charge in [-0.2, -0.15) is 0 Å². The van der Waals surface area contributed by atoms with Crippen molar-refractivity contribution in [1.82, 2.24) is 0 Å². The summed E-state index contributed by atoms with van der Waals surface area (Å²) in [7, 11) is 0. The highest BCUT2D eigenvalue weighted by Gasteiger charge is 2.33. The number of thioether (sulfide) groups is 1. The van der Waals surface area contributed by atoms with E-state index >= 15 is 0 Å². The minimum atomic E-state index is -0.0470. The molecule has 2 aromatic carbocycles. The van der Waals surface area contributed by atoms with Crippen LogP contribution in [0.5, 0.6) is 0 Å². The Morgan fingerprint density at radius 1 is 1.04 bits per heavy atom. The minimum Gasteiger partial charge on any atom is -0.372 e. The zero-order valence-corrected chi connectivity index (χ0v) is 16.3. The fourth-order valence-electron chi connectivity index (χ4n) is 3.37. The van der Waals surface area contributed by atoms with Crippen molar-refractivity contribution in [3.05, 3.63) is 64.6 Å². The minimum absolute atomic E-state index is 0.0470. The molecule has 2 aromatic rings. The van der Waals surface area contributed by atoms with Crippen LogP contribution in [0.4, 0.5) is 11.4 Å². The molecule has 2 aliphatic rings. The van der Waals surface area contributed by atoms with Crippen LogP contribution >= 0.6 is 24.0 Å². The number of anilines is 2. The van der Waals surface area contributed by atoms with Crippen LogP contribution in [0.2, 0.25) is 0 Å². The maximum atomic E-state index is 12.8. The summed E-state index contributed by atoms with van der Waals surface area (Å²) in [6, 6.07) is 16.3. The largest absolute Gasteiger partial charge is 0.372 e. The number of nitrogens with zero attached hydrogens (tertiary/aromatic N) is 2. The van der Waals surface area contributed by atoms with Crippen molar-refractivity contribution in [2.45, 2.75) is 19.8 Å². The van der Waals surface area contributed by atoms with E-state index in [-0.39, 0.29) is 5.91 Å². The lowest BCUT2D eigenvalue weighted by Crippen LogP contribution is -2.27. The monoisotopic (exact) mass is 380 g/mol. The summed E-state index contributed by atoms with van der Waals surface area (Å²) >= 11 is 6.82. The molecular formula is C21H20N2OS2. The molecule has 1 amide bonds. The molecule has 0 atom stereocenters. The Balaban J connectivity index is 1.56. The number of amides is 1. The molecule has 0 unspecified atom stereocenters. The maximum absolute atomic E-state index is 12.8. The molecule has 3 nitrogen and oxygen atoms in total. The Labute approximate surface area is 163 Å². The van der Waals surface area contributed by atoms with Crippen LogP contribution in [-0.4, -0.2) is 23.3 Å². The van der Waals surface area contributed by atoms with Crippen molar-refractivity contribution in [3.8, 4) is 0 Å². The number of aryl methyl sites for hydroxylation is 1. The second-order valence-corrected chi connectivity index (χ2v) is 8.32. The van der Waals surface area contributed by atoms with Gasteiger partial charge in [-0.3, -0.25) is 9.69 Å². The number of carbonyl (C=O) groups is 1. The van der Waals surface area contributed by atoms with Crippen LogP contribution in [0.3, 0.4) is 0 Å². The third-order valence-corrected chi connectivity index (χ3v) is 6.02. The number of carbonyl (C=O) groups excluding carboxylic acids is 1. The first-order chi connectivity index (χ1) is 12.6. The van der Waals surface area contributed by atoms with Crippen molar-refractivity contribution < 1.29 is 4.79 Å². The van der Waals surface area contributed by atoms with Crippen molar-refractivity contribution in [2.24, 2.45) is 0 Å². The molecule has 0 N–H and O–H groups in total. The van der Waals surface area contributed by atoms with E-state index in [2.05, 4.69) is 29.2 Å². The van der Waals surface area contributed by atoms with E-state index in [1.165, 1.54) is 30.3 Å². The number of rotatable bonds is 3. The molecular weight excluding hydrogens is 360 g/mol. The second kappa shape index (κ2) is 7.25. The van der Waals surface area contributed by atoms with Gasteiger partial charge in [0.1, 0.15) is 0 Å². The molecule has 0 saturated carbocycles. The fourth-order valence-corrected chi connectivity index (χ4v) is 4.66. The van der Waals surface area contributed by atoms with Gasteiger partial charge in [0.2, 0.25) is 0 Å². The average Bonchev–Trinajstić information content (AvgIpc) is 3.25. The lowest BCUT2D eigenvalue weighted by atomic mass is 10.1. The SMILES string of the molecule is Cc1cccc(N2C(=O)/C(=C/c3ccc(N4CCCC4)cc3)SC2=S)c1. The molecule has 5 heteroatoms. The van der Waals surface area contributed by atoms with Gasteiger partial charge in [0.15, 0.2) is 4.32 Å². The van der Waals surface area contributed by atoms with Crippen LogP contribution in [-0.2, 0) is 4.79 Å². The van der Waals surface area contributed by atoms with E-state index in [1.54, 1.807) is 4.90 Å². The normalized spacial score (nSPS) is 19.0. The summed E-state index contributed by atoms with van der Waals surface area (Å²) in [5, 5.41) is 0. The highest BCUT2D eigenvalue weighted by atomic mass is 32.2. The van der Waals surface area contributed by atoms with E-state index in [1.807, 2.05) is 37.3 Å². The zero-order valence-electron chi connectivity index (χ0n) is 14.6. The molecule has 0 aromatic heterocycles. The second-order valence-electron chi connectivity index (χ2n) is 6.64. The molecule has 0 aliphatic carbocycles. The predicted octanol–water partition coefficient (Wildman–Crippen LogP) is 5.00. The van der Waals surface area contributed by atoms with Gasteiger partial charge in [0.25, 0.3) is 5.91 Å². The van der Waals surface area contributed by atoms with Gasteiger partial charge in [-0.15, -0.1) is 0 Å². The summed E-state index contributed by atoms with van der Waals surface area (Å²) in [4.78, 5) is 17.5. The zero-order chi connectivity index (χ0) is 18.1. The van der Waals surface area contributed by atoms with E-state index < -0.39 is 0 Å². The van der Waals surface area contributed by atoms with Gasteiger partial charge in [-0.1, -0.05) is 48.2 Å². The highest BCUT2D eigenvalue weighted by molar-refractivity contribution is 8.27. The molecule has 4 rings (SSSR count). The highest BCUT2D eigenvalue weighted by Crippen LogP contribution is 2.36. The van der Waals surface area contributed by atoms with Crippen molar-refractivity contribution in [1.29, 1.82) is 0 Å². The first-order valence-corrected chi connectivity index (χ1v) is 10.0. The van der Waals surface area contributed by atoms with E-state index in [0.29, 0.717) is 9.23 Å². The van der Waals surface area contributed by atoms with Crippen LogP contribution in [0.25, 0.3) is 6.08 Å². The average molecular weight is 381 g/mol. The molecule has 2 aliphatic heterocycles. The van der Waals surface area contributed by atoms with Crippen molar-refractivity contribution >= 4 is 51.7 Å². The summed E-state index contributed by atoms with van der Waals surface area (Å²) in [5.74, 6) is -0.0470. The quantitative estimate of drug-likeness (QED) is 0.552. The molecule has 0 radical (unpaired) electrons. The van der Waals surface area contributed by atoms with E-state index in [0.717, 1.165) is 29.9 Å². The standard InChI is InChI=1S/C21H20N2OS2/c1-15-5-4-6-18(13-15)23-20(24)19(26-21(23)25)14-16-7-9-17(10-8-16)22-11-2-3-12-22/h4-10,13-14H,2-3,11-12H2,1H3/b19-14-. The van der Waals surface area contributed by atoms with Crippen molar-refractivity contribution in [2.75, 3.05) is 22.9 Å². The van der Waals surface area contributed by atoms with Crippen LogP contribution in [0, 0.1) is 6.92 Å². The first-order valence-electron chi connectivity index (χ1n) is 8.81. The summed E-state index contributed by atoms with van der Waals surface area (Å²) in [6.07, 6.45) is 4.47. The van der Waals surface area contributed by atoms with Gasteiger partial charge in [-0.05, 0) is 61.2 Å². The molecule has 2 fully saturated rings. The number of benzene rings is 2. The van der Waals surface area contributed by atoms with Gasteiger partial charge >= 0.3 is 0 Å². The lowest BCUT2D eigenvalue weighted by Gasteiger charge is -2.17. The number of hydrogen-bond donors (Lipinski definition) is 0. The van der Waals surface area contributed by atoms with Gasteiger partial charge in [0.05, 0.1) is 10.6 Å². The Hall–Kier alpha value is -2.11. The van der Waals surface area contributed by atoms with Crippen molar-refractivity contribution in [3.63, 3.8) is 0 Å². The molecule has 0 spiro atoms. The molecule has 132 valence electrons. The lowest BCUT2D eigenvalue weighted by molar-refractivity contribution is -0.113. The first kappa shape index (κ1) is 17.3. The predicted molar refractivity (Wildman–Crippen MR) is 115 cm³/mol. The summed E-state index contributed by atoms with van der Waals surface area (Å²) in [5.41, 5.74) is 4.22. The third-order valence-electron chi connectivity index (χ3n) is 4.72. The summed E-state index contributed by atoms with van der Waals surface area (Å²) < 4.78 is 0.584. The van der Waals surface area contributed by atoms with E-state index in [4.69, 9.17) is 12.2 Å². The van der Waals surface area contributed by atoms with Gasteiger partial charge in [0, 0.05) is 18.8 Å². The van der Waals surface area contributed by atoms with Gasteiger partial charge in [-0.25, -0.2) is 0 Å². The van der Waals surface area contributed by atoms with Crippen LogP contribution in [0.15, 0.2) is 53.4 Å². The van der Waals surface area contributed by atoms with E-state index in [9.17, 15) is 4.79 Å². The smallest absolute Gasteiger partial charge is 0.270 e. The molecule has 0 bridgehead atoms. The van der Waals surface area contributed by atoms with Crippen LogP contribution in [0.1, 0.15) is 24.0 Å². The molecule has 2 heterocycles. The number of hydrogen-bond acceptors (Lipinski definition) is 4. The number of thiocarbonyl (C=S) groups is 1. The fraction of sp³-hybridized carbons (Fsp3) is 0.238. The Kier molecular flexibility index (Phi) is 4.83. The van der Waals surface area contributed by atoms with Crippen LogP contribution < -0.4 is 9.80 Å². The topological polar surface area (TPSA) is 23.6 Å².